The molecule has 0 atom stereocenters. The van der Waals surface area contributed by atoms with Gasteiger partial charge in [-0.3, -0.25) is 14.9 Å². The maximum atomic E-state index is 13.9. The molecule has 10 heteroatoms. The smallest absolute Gasteiger partial charge is 0.289 e. The minimum atomic E-state index is -4.13. The highest BCUT2D eigenvalue weighted by atomic mass is 32.2. The Balaban J connectivity index is 1.85. The monoisotopic (exact) mass is 421 g/mol. The van der Waals surface area contributed by atoms with Crippen molar-refractivity contribution in [1.29, 1.82) is 0 Å². The number of rotatable bonds is 4. The van der Waals surface area contributed by atoms with Crippen molar-refractivity contribution in [1.82, 2.24) is 9.21 Å². The lowest BCUT2D eigenvalue weighted by Gasteiger charge is -2.22. The predicted molar refractivity (Wildman–Crippen MR) is 104 cm³/mol. The van der Waals surface area contributed by atoms with E-state index in [1.165, 1.54) is 42.2 Å². The van der Waals surface area contributed by atoms with Crippen LogP contribution in [0.3, 0.4) is 0 Å². The highest BCUT2D eigenvalue weighted by Gasteiger charge is 2.35. The molecule has 1 aliphatic heterocycles. The van der Waals surface area contributed by atoms with Crippen LogP contribution in [0.2, 0.25) is 0 Å². The average Bonchev–Trinajstić information content (AvgIpc) is 2.94. The molecule has 2 aromatic rings. The predicted octanol–water partition coefficient (Wildman–Crippen LogP) is 2.58. The first-order valence-corrected chi connectivity index (χ1v) is 10.5. The number of hydrogen-bond donors (Lipinski definition) is 0. The van der Waals surface area contributed by atoms with Crippen molar-refractivity contribution >= 4 is 21.6 Å². The summed E-state index contributed by atoms with van der Waals surface area (Å²) < 4.78 is 41.4. The zero-order chi connectivity index (χ0) is 21.2. The number of sulfonamides is 1. The SMILES string of the molecule is Cc1cccc([N+](=O)[O-])c1S(=O)(=O)N1CCCN(C(=O)c2ccccc2F)CC1. The summed E-state index contributed by atoms with van der Waals surface area (Å²) in [7, 11) is -4.13. The maximum absolute atomic E-state index is 13.9. The van der Waals surface area contributed by atoms with Crippen LogP contribution in [-0.4, -0.2) is 54.6 Å². The second kappa shape index (κ2) is 8.26. The Morgan fingerprint density at radius 2 is 1.79 bits per heavy atom. The van der Waals surface area contributed by atoms with Gasteiger partial charge in [0.2, 0.25) is 10.0 Å². The molecule has 0 saturated carbocycles. The van der Waals surface area contributed by atoms with Gasteiger partial charge in [-0.2, -0.15) is 4.31 Å². The zero-order valence-electron chi connectivity index (χ0n) is 15.7. The number of hydrogen-bond acceptors (Lipinski definition) is 5. The number of aryl methyl sites for hydroxylation is 1. The normalized spacial score (nSPS) is 15.7. The summed E-state index contributed by atoms with van der Waals surface area (Å²) in [5.41, 5.74) is -0.269. The van der Waals surface area contributed by atoms with Crippen LogP contribution < -0.4 is 0 Å². The van der Waals surface area contributed by atoms with Crippen LogP contribution in [0.5, 0.6) is 0 Å². The fourth-order valence-corrected chi connectivity index (χ4v) is 5.22. The highest BCUT2D eigenvalue weighted by Crippen LogP contribution is 2.30. The Labute approximate surface area is 167 Å². The first-order valence-electron chi connectivity index (χ1n) is 9.01. The minimum absolute atomic E-state index is 0.0337. The summed E-state index contributed by atoms with van der Waals surface area (Å²) in [5.74, 6) is -1.15. The van der Waals surface area contributed by atoms with Gasteiger partial charge >= 0.3 is 0 Å². The van der Waals surface area contributed by atoms with Gasteiger partial charge in [0.25, 0.3) is 11.6 Å². The molecule has 0 bridgehead atoms. The van der Waals surface area contributed by atoms with Gasteiger partial charge in [0, 0.05) is 32.2 Å². The highest BCUT2D eigenvalue weighted by molar-refractivity contribution is 7.89. The molecule has 0 N–H and O–H groups in total. The number of nitrogens with zero attached hydrogens (tertiary/aromatic N) is 3. The van der Waals surface area contributed by atoms with E-state index in [9.17, 15) is 27.7 Å². The van der Waals surface area contributed by atoms with Crippen LogP contribution in [0.1, 0.15) is 22.3 Å². The molecule has 1 heterocycles. The molecule has 1 fully saturated rings. The molecule has 1 aliphatic rings. The molecule has 0 unspecified atom stereocenters. The van der Waals surface area contributed by atoms with Gasteiger partial charge < -0.3 is 4.90 Å². The lowest BCUT2D eigenvalue weighted by molar-refractivity contribution is -0.387. The van der Waals surface area contributed by atoms with Crippen molar-refractivity contribution in [3.8, 4) is 0 Å². The van der Waals surface area contributed by atoms with Gasteiger partial charge in [-0.15, -0.1) is 0 Å². The lowest BCUT2D eigenvalue weighted by atomic mass is 10.2. The summed E-state index contributed by atoms with van der Waals surface area (Å²) in [5, 5.41) is 11.3. The Morgan fingerprint density at radius 1 is 1.07 bits per heavy atom. The second-order valence-corrected chi connectivity index (χ2v) is 8.58. The standard InChI is InChI=1S/C19H20FN3O5S/c1-14-6-4-9-17(23(25)26)18(14)29(27,28)22-11-5-10-21(12-13-22)19(24)15-7-2-3-8-16(15)20/h2-4,6-9H,5,10-13H2,1H3. The van der Waals surface area contributed by atoms with Gasteiger partial charge in [0.05, 0.1) is 10.5 Å². The fourth-order valence-electron chi connectivity index (χ4n) is 3.39. The number of halogens is 1. The van der Waals surface area contributed by atoms with Crippen molar-refractivity contribution in [3.05, 3.63) is 69.5 Å². The third kappa shape index (κ3) is 4.13. The first-order chi connectivity index (χ1) is 13.7. The number of amides is 1. The molecule has 1 saturated heterocycles. The van der Waals surface area contributed by atoms with Crippen LogP contribution in [0, 0.1) is 22.9 Å². The number of carbonyl (C=O) groups excluding carboxylic acids is 1. The Hall–Kier alpha value is -2.85. The van der Waals surface area contributed by atoms with E-state index in [4.69, 9.17) is 0 Å². The quantitative estimate of drug-likeness (QED) is 0.558. The molecule has 0 aliphatic carbocycles. The largest absolute Gasteiger partial charge is 0.337 e. The van der Waals surface area contributed by atoms with E-state index in [0.717, 1.165) is 10.4 Å². The van der Waals surface area contributed by atoms with Crippen LogP contribution in [0.15, 0.2) is 47.4 Å². The van der Waals surface area contributed by atoms with Gasteiger partial charge in [-0.25, -0.2) is 12.8 Å². The van der Waals surface area contributed by atoms with E-state index >= 15 is 0 Å². The van der Waals surface area contributed by atoms with Gasteiger partial charge in [0.1, 0.15) is 5.82 Å². The summed E-state index contributed by atoms with van der Waals surface area (Å²) in [6, 6.07) is 9.72. The average molecular weight is 421 g/mol. The molecule has 8 nitrogen and oxygen atoms in total. The summed E-state index contributed by atoms with van der Waals surface area (Å²) in [6.07, 6.45) is 0.332. The maximum Gasteiger partial charge on any atom is 0.289 e. The van der Waals surface area contributed by atoms with Gasteiger partial charge in [0.15, 0.2) is 4.90 Å². The Morgan fingerprint density at radius 3 is 2.48 bits per heavy atom. The number of benzene rings is 2. The summed E-state index contributed by atoms with van der Waals surface area (Å²) in [6.45, 7) is 1.90. The van der Waals surface area contributed by atoms with Crippen molar-refractivity contribution in [3.63, 3.8) is 0 Å². The number of carbonyl (C=O) groups is 1. The molecule has 154 valence electrons. The van der Waals surface area contributed by atoms with Crippen LogP contribution in [0.25, 0.3) is 0 Å². The van der Waals surface area contributed by atoms with Crippen molar-refractivity contribution in [2.24, 2.45) is 0 Å². The minimum Gasteiger partial charge on any atom is -0.337 e. The second-order valence-electron chi connectivity index (χ2n) is 6.71. The number of nitro groups is 1. The van der Waals surface area contributed by atoms with E-state index in [-0.39, 0.29) is 42.2 Å². The molecule has 3 rings (SSSR count). The lowest BCUT2D eigenvalue weighted by Crippen LogP contribution is -2.38. The first kappa shape index (κ1) is 20.9. The number of nitro benzene ring substituents is 1. The van der Waals surface area contributed by atoms with Crippen LogP contribution in [-0.2, 0) is 10.0 Å². The third-order valence-electron chi connectivity index (χ3n) is 4.83. The molecule has 29 heavy (non-hydrogen) atoms. The molecule has 0 aromatic heterocycles. The van der Waals surface area contributed by atoms with Crippen molar-refractivity contribution in [2.75, 3.05) is 26.2 Å². The molecule has 1 amide bonds. The van der Waals surface area contributed by atoms with E-state index in [0.29, 0.717) is 6.42 Å². The fraction of sp³-hybridized carbons (Fsp3) is 0.316. The molecular formula is C19H20FN3O5S. The van der Waals surface area contributed by atoms with E-state index in [1.54, 1.807) is 6.07 Å². The summed E-state index contributed by atoms with van der Waals surface area (Å²) in [4.78, 5) is 24.3. The molecule has 2 aromatic carbocycles. The van der Waals surface area contributed by atoms with Crippen LogP contribution >= 0.6 is 0 Å². The van der Waals surface area contributed by atoms with Gasteiger partial charge in [-0.05, 0) is 31.0 Å². The van der Waals surface area contributed by atoms with Gasteiger partial charge in [-0.1, -0.05) is 24.3 Å². The topological polar surface area (TPSA) is 101 Å². The van der Waals surface area contributed by atoms with Crippen molar-refractivity contribution < 1.29 is 22.5 Å². The third-order valence-corrected chi connectivity index (χ3v) is 6.92. The summed E-state index contributed by atoms with van der Waals surface area (Å²) >= 11 is 0. The molecule has 0 radical (unpaired) electrons. The van der Waals surface area contributed by atoms with Crippen LogP contribution in [0.4, 0.5) is 10.1 Å². The zero-order valence-corrected chi connectivity index (χ0v) is 16.6. The van der Waals surface area contributed by atoms with E-state index in [2.05, 4.69) is 0 Å². The Bertz CT molecular complexity index is 1060. The molecule has 0 spiro atoms. The van der Waals surface area contributed by atoms with Crippen molar-refractivity contribution in [2.45, 2.75) is 18.2 Å². The molecular weight excluding hydrogens is 401 g/mol. The van der Waals surface area contributed by atoms with E-state index in [1.807, 2.05) is 0 Å². The Kier molecular flexibility index (Phi) is 5.94. The van der Waals surface area contributed by atoms with E-state index < -0.39 is 32.4 Å².